The molecule has 7 heteroatoms. The van der Waals surface area contributed by atoms with Crippen molar-refractivity contribution < 1.29 is 9.59 Å². The Balaban J connectivity index is 2.09. The van der Waals surface area contributed by atoms with Gasteiger partial charge in [-0.25, -0.2) is 0 Å². The maximum atomic E-state index is 11.9. The zero-order valence-corrected chi connectivity index (χ0v) is 11.5. The van der Waals surface area contributed by atoms with E-state index < -0.39 is 0 Å². The molecule has 18 heavy (non-hydrogen) atoms. The SMILES string of the molecule is CCNc1nnc(CN2C(=O)C(C)C(C)C2=O)s1. The lowest BCUT2D eigenvalue weighted by Gasteiger charge is -2.11. The largest absolute Gasteiger partial charge is 0.360 e. The van der Waals surface area contributed by atoms with Gasteiger partial charge in [-0.3, -0.25) is 14.5 Å². The summed E-state index contributed by atoms with van der Waals surface area (Å²) in [5.41, 5.74) is 0. The molecule has 0 spiro atoms. The second kappa shape index (κ2) is 5.01. The van der Waals surface area contributed by atoms with Gasteiger partial charge in [-0.1, -0.05) is 25.2 Å². The van der Waals surface area contributed by atoms with Crippen LogP contribution in [0.3, 0.4) is 0 Å². The number of nitrogens with zero attached hydrogens (tertiary/aromatic N) is 3. The van der Waals surface area contributed by atoms with E-state index in [1.807, 2.05) is 6.92 Å². The van der Waals surface area contributed by atoms with Crippen LogP contribution in [0, 0.1) is 11.8 Å². The van der Waals surface area contributed by atoms with Gasteiger partial charge in [-0.15, -0.1) is 10.2 Å². The summed E-state index contributed by atoms with van der Waals surface area (Å²) in [7, 11) is 0. The number of rotatable bonds is 4. The summed E-state index contributed by atoms with van der Waals surface area (Å²) in [4.78, 5) is 25.1. The van der Waals surface area contributed by atoms with Crippen molar-refractivity contribution in [2.24, 2.45) is 11.8 Å². The lowest BCUT2D eigenvalue weighted by Crippen LogP contribution is -2.30. The predicted octanol–water partition coefficient (Wildman–Crippen LogP) is 1.11. The fourth-order valence-corrected chi connectivity index (χ4v) is 2.66. The highest BCUT2D eigenvalue weighted by Crippen LogP contribution is 2.27. The van der Waals surface area contributed by atoms with Crippen LogP contribution in [0.25, 0.3) is 0 Å². The number of carbonyl (C=O) groups excluding carboxylic acids is 2. The average Bonchev–Trinajstić information content (AvgIpc) is 2.86. The maximum absolute atomic E-state index is 11.9. The third-order valence-corrected chi connectivity index (χ3v) is 4.02. The van der Waals surface area contributed by atoms with Crippen molar-refractivity contribution in [1.82, 2.24) is 15.1 Å². The Morgan fingerprint density at radius 3 is 2.39 bits per heavy atom. The van der Waals surface area contributed by atoms with Gasteiger partial charge >= 0.3 is 0 Å². The third-order valence-electron chi connectivity index (χ3n) is 3.15. The Bertz CT molecular complexity index is 453. The van der Waals surface area contributed by atoms with Gasteiger partial charge in [0.05, 0.1) is 6.54 Å². The molecule has 6 nitrogen and oxygen atoms in total. The monoisotopic (exact) mass is 268 g/mol. The molecule has 0 aliphatic carbocycles. The molecule has 2 heterocycles. The lowest BCUT2D eigenvalue weighted by molar-refractivity contribution is -0.140. The van der Waals surface area contributed by atoms with Gasteiger partial charge in [0.15, 0.2) is 0 Å². The van der Waals surface area contributed by atoms with E-state index in [1.165, 1.54) is 16.2 Å². The van der Waals surface area contributed by atoms with Crippen LogP contribution >= 0.6 is 11.3 Å². The number of amides is 2. The Kier molecular flexibility index (Phi) is 3.60. The van der Waals surface area contributed by atoms with Gasteiger partial charge in [-0.05, 0) is 6.92 Å². The number of hydrogen-bond acceptors (Lipinski definition) is 6. The van der Waals surface area contributed by atoms with Crippen LogP contribution in [-0.4, -0.2) is 33.5 Å². The van der Waals surface area contributed by atoms with E-state index >= 15 is 0 Å². The molecule has 2 rings (SSSR count). The Morgan fingerprint density at radius 1 is 1.22 bits per heavy atom. The molecule has 0 radical (unpaired) electrons. The highest BCUT2D eigenvalue weighted by molar-refractivity contribution is 7.15. The van der Waals surface area contributed by atoms with Gasteiger partial charge in [0.25, 0.3) is 0 Å². The summed E-state index contributed by atoms with van der Waals surface area (Å²) in [5, 5.41) is 12.4. The molecule has 1 aliphatic heterocycles. The van der Waals surface area contributed by atoms with E-state index in [4.69, 9.17) is 0 Å². The molecular weight excluding hydrogens is 252 g/mol. The molecule has 2 amide bonds. The van der Waals surface area contributed by atoms with Crippen LogP contribution in [0.4, 0.5) is 5.13 Å². The molecule has 1 saturated heterocycles. The number of nitrogens with one attached hydrogen (secondary N) is 1. The molecule has 1 fully saturated rings. The highest BCUT2D eigenvalue weighted by atomic mass is 32.1. The minimum absolute atomic E-state index is 0.118. The lowest BCUT2D eigenvalue weighted by atomic mass is 10.00. The molecule has 0 bridgehead atoms. The van der Waals surface area contributed by atoms with Crippen LogP contribution in [0.5, 0.6) is 0 Å². The number of carbonyl (C=O) groups is 2. The first-order valence-electron chi connectivity index (χ1n) is 5.96. The van der Waals surface area contributed by atoms with Crippen molar-refractivity contribution in [2.45, 2.75) is 27.3 Å². The normalized spacial score (nSPS) is 23.8. The van der Waals surface area contributed by atoms with Crippen molar-refractivity contribution in [2.75, 3.05) is 11.9 Å². The molecular formula is C11H16N4O2S. The first kappa shape index (κ1) is 12.9. The van der Waals surface area contributed by atoms with E-state index in [9.17, 15) is 9.59 Å². The third kappa shape index (κ3) is 2.22. The Hall–Kier alpha value is -1.50. The summed E-state index contributed by atoms with van der Waals surface area (Å²) < 4.78 is 0. The van der Waals surface area contributed by atoms with E-state index in [1.54, 1.807) is 13.8 Å². The number of hydrogen-bond donors (Lipinski definition) is 1. The molecule has 0 saturated carbocycles. The second-order valence-corrected chi connectivity index (χ2v) is 5.43. The molecule has 1 aliphatic rings. The zero-order valence-electron chi connectivity index (χ0n) is 10.6. The molecule has 0 aromatic carbocycles. The number of anilines is 1. The van der Waals surface area contributed by atoms with Crippen molar-refractivity contribution in [1.29, 1.82) is 0 Å². The van der Waals surface area contributed by atoms with E-state index in [0.717, 1.165) is 6.54 Å². The van der Waals surface area contributed by atoms with Gasteiger partial charge < -0.3 is 5.32 Å². The summed E-state index contributed by atoms with van der Waals surface area (Å²) >= 11 is 1.37. The smallest absolute Gasteiger partial charge is 0.233 e. The molecule has 2 unspecified atom stereocenters. The van der Waals surface area contributed by atoms with Crippen molar-refractivity contribution in [3.63, 3.8) is 0 Å². The van der Waals surface area contributed by atoms with Gasteiger partial charge in [0.1, 0.15) is 5.01 Å². The fourth-order valence-electron chi connectivity index (χ4n) is 1.86. The number of aromatic nitrogens is 2. The van der Waals surface area contributed by atoms with Crippen molar-refractivity contribution in [3.8, 4) is 0 Å². The molecule has 98 valence electrons. The molecule has 1 aromatic heterocycles. The van der Waals surface area contributed by atoms with Gasteiger partial charge in [-0.2, -0.15) is 0 Å². The van der Waals surface area contributed by atoms with Gasteiger partial charge in [0, 0.05) is 18.4 Å². The van der Waals surface area contributed by atoms with Crippen LogP contribution in [0.15, 0.2) is 0 Å². The summed E-state index contributed by atoms with van der Waals surface area (Å²) in [5.74, 6) is -0.710. The van der Waals surface area contributed by atoms with Crippen LogP contribution < -0.4 is 5.32 Å². The fraction of sp³-hybridized carbons (Fsp3) is 0.636. The van der Waals surface area contributed by atoms with Crippen LogP contribution in [0.2, 0.25) is 0 Å². The average molecular weight is 268 g/mol. The molecule has 1 aromatic rings. The minimum Gasteiger partial charge on any atom is -0.360 e. The van der Waals surface area contributed by atoms with Crippen molar-refractivity contribution >= 4 is 28.3 Å². The second-order valence-electron chi connectivity index (χ2n) is 4.37. The van der Waals surface area contributed by atoms with Gasteiger partial charge in [0.2, 0.25) is 16.9 Å². The Labute approximate surface area is 109 Å². The van der Waals surface area contributed by atoms with Crippen LogP contribution in [0.1, 0.15) is 25.8 Å². The summed E-state index contributed by atoms with van der Waals surface area (Å²) in [6.07, 6.45) is 0. The molecule has 1 N–H and O–H groups in total. The standard InChI is InChI=1S/C11H16N4O2S/c1-4-12-11-14-13-8(18-11)5-15-9(16)6(2)7(3)10(15)17/h6-7H,4-5H2,1-3H3,(H,12,14). The van der Waals surface area contributed by atoms with E-state index in [0.29, 0.717) is 10.1 Å². The van der Waals surface area contributed by atoms with Crippen LogP contribution in [-0.2, 0) is 16.1 Å². The maximum Gasteiger partial charge on any atom is 0.233 e. The zero-order chi connectivity index (χ0) is 13.3. The van der Waals surface area contributed by atoms with Crippen molar-refractivity contribution in [3.05, 3.63) is 5.01 Å². The molecule has 2 atom stereocenters. The Morgan fingerprint density at radius 2 is 1.83 bits per heavy atom. The first-order chi connectivity index (χ1) is 8.54. The number of likely N-dealkylation sites (tertiary alicyclic amines) is 1. The minimum atomic E-state index is -0.237. The predicted molar refractivity (Wildman–Crippen MR) is 68.0 cm³/mol. The summed E-state index contributed by atoms with van der Waals surface area (Å²) in [6, 6.07) is 0. The van der Waals surface area contributed by atoms with E-state index in [2.05, 4.69) is 15.5 Å². The summed E-state index contributed by atoms with van der Waals surface area (Å²) in [6.45, 7) is 6.54. The highest BCUT2D eigenvalue weighted by Gasteiger charge is 2.42. The van der Waals surface area contributed by atoms with E-state index in [-0.39, 0.29) is 30.2 Å². The topological polar surface area (TPSA) is 75.2 Å². The number of imide groups is 1. The quantitative estimate of drug-likeness (QED) is 0.828. The first-order valence-corrected chi connectivity index (χ1v) is 6.77.